The zero-order chi connectivity index (χ0) is 19.3. The molecule has 1 amide bonds. The molecule has 2 saturated carbocycles. The molecule has 2 aromatic heterocycles. The zero-order valence-corrected chi connectivity index (χ0v) is 15.3. The number of aromatic nitrogens is 4. The highest BCUT2D eigenvalue weighted by Crippen LogP contribution is 2.39. The van der Waals surface area contributed by atoms with Crippen LogP contribution in [0.2, 0.25) is 0 Å². The van der Waals surface area contributed by atoms with Crippen LogP contribution in [0.1, 0.15) is 43.0 Å². The predicted octanol–water partition coefficient (Wildman–Crippen LogP) is 2.33. The van der Waals surface area contributed by atoms with Gasteiger partial charge in [-0.15, -0.1) is 0 Å². The molecule has 28 heavy (non-hydrogen) atoms. The summed E-state index contributed by atoms with van der Waals surface area (Å²) in [4.78, 5) is 30.2. The van der Waals surface area contributed by atoms with Gasteiger partial charge in [0.05, 0.1) is 12.6 Å². The first kappa shape index (κ1) is 17.1. The summed E-state index contributed by atoms with van der Waals surface area (Å²) in [5, 5.41) is 4.76. The Balaban J connectivity index is 1.46. The van der Waals surface area contributed by atoms with Gasteiger partial charge in [-0.05, 0) is 49.3 Å². The van der Waals surface area contributed by atoms with Crippen LogP contribution in [0.25, 0.3) is 11.0 Å². The summed E-state index contributed by atoms with van der Waals surface area (Å²) >= 11 is 0. The summed E-state index contributed by atoms with van der Waals surface area (Å²) in [5.41, 5.74) is 3.66. The maximum absolute atomic E-state index is 13.0. The molecule has 1 aromatic carbocycles. The summed E-state index contributed by atoms with van der Waals surface area (Å²) < 4.78 is 16.1. The van der Waals surface area contributed by atoms with E-state index in [0.717, 1.165) is 19.4 Å². The SMILES string of the molecule is O=C(Cc1ccc(F)cc1)Nn1c(C2CC2)nc2c(cnn2CC2CC2)c1=O. The van der Waals surface area contributed by atoms with Crippen molar-refractivity contribution in [2.45, 2.75) is 44.6 Å². The van der Waals surface area contributed by atoms with E-state index in [0.29, 0.717) is 28.3 Å². The van der Waals surface area contributed by atoms with Crippen LogP contribution in [-0.2, 0) is 17.8 Å². The molecule has 5 rings (SSSR count). The van der Waals surface area contributed by atoms with Crippen molar-refractivity contribution >= 4 is 16.9 Å². The Bertz CT molecular complexity index is 1110. The standard InChI is InChI=1S/C20H20FN5O2/c21-15-7-3-12(4-8-15)9-17(27)24-26-18(14-5-6-14)23-19-16(20(26)28)10-22-25(19)11-13-1-2-13/h3-4,7-8,10,13-14H,1-2,5-6,9,11H2,(H,24,27). The molecule has 1 N–H and O–H groups in total. The molecule has 0 bridgehead atoms. The fraction of sp³-hybridized carbons (Fsp3) is 0.400. The van der Waals surface area contributed by atoms with Gasteiger partial charge in [0.1, 0.15) is 17.0 Å². The van der Waals surface area contributed by atoms with Crippen molar-refractivity contribution in [3.63, 3.8) is 0 Å². The van der Waals surface area contributed by atoms with E-state index >= 15 is 0 Å². The number of fused-ring (bicyclic) bond motifs is 1. The van der Waals surface area contributed by atoms with E-state index in [9.17, 15) is 14.0 Å². The Kier molecular flexibility index (Phi) is 3.99. The number of halogens is 1. The van der Waals surface area contributed by atoms with Gasteiger partial charge in [0, 0.05) is 12.5 Å². The molecule has 0 unspecified atom stereocenters. The average Bonchev–Trinajstić information content (AvgIpc) is 3.59. The van der Waals surface area contributed by atoms with Crippen LogP contribution in [0, 0.1) is 11.7 Å². The van der Waals surface area contributed by atoms with Gasteiger partial charge in [0.25, 0.3) is 5.56 Å². The van der Waals surface area contributed by atoms with Crippen molar-refractivity contribution in [2.75, 3.05) is 5.43 Å². The smallest absolute Gasteiger partial charge is 0.273 e. The second kappa shape index (κ2) is 6.54. The van der Waals surface area contributed by atoms with Crippen LogP contribution in [0.3, 0.4) is 0 Å². The quantitative estimate of drug-likeness (QED) is 0.711. The molecule has 3 aromatic rings. The van der Waals surface area contributed by atoms with Crippen LogP contribution < -0.4 is 11.0 Å². The lowest BCUT2D eigenvalue weighted by Gasteiger charge is -2.13. The summed E-state index contributed by atoms with van der Waals surface area (Å²) in [6, 6.07) is 5.74. The van der Waals surface area contributed by atoms with Gasteiger partial charge >= 0.3 is 0 Å². The molecule has 0 radical (unpaired) electrons. The van der Waals surface area contributed by atoms with Crippen molar-refractivity contribution in [1.29, 1.82) is 0 Å². The van der Waals surface area contributed by atoms with Gasteiger partial charge in [-0.25, -0.2) is 18.7 Å². The number of benzene rings is 1. The van der Waals surface area contributed by atoms with Gasteiger partial charge in [-0.3, -0.25) is 15.0 Å². The van der Waals surface area contributed by atoms with E-state index in [2.05, 4.69) is 10.5 Å². The van der Waals surface area contributed by atoms with Crippen LogP contribution >= 0.6 is 0 Å². The number of nitrogens with one attached hydrogen (secondary N) is 1. The lowest BCUT2D eigenvalue weighted by molar-refractivity contribution is -0.116. The molecule has 7 nitrogen and oxygen atoms in total. The molecular weight excluding hydrogens is 361 g/mol. The van der Waals surface area contributed by atoms with Crippen molar-refractivity contribution < 1.29 is 9.18 Å². The normalized spacial score (nSPS) is 16.5. The first-order chi connectivity index (χ1) is 13.6. The Labute approximate surface area is 160 Å². The minimum atomic E-state index is -0.353. The molecule has 0 saturated heterocycles. The van der Waals surface area contributed by atoms with Gasteiger partial charge in [-0.1, -0.05) is 12.1 Å². The molecule has 0 atom stereocenters. The number of hydrogen-bond donors (Lipinski definition) is 1. The van der Waals surface area contributed by atoms with Crippen molar-refractivity contribution in [2.24, 2.45) is 5.92 Å². The van der Waals surface area contributed by atoms with Gasteiger partial charge in [-0.2, -0.15) is 5.10 Å². The Morgan fingerprint density at radius 3 is 2.61 bits per heavy atom. The van der Waals surface area contributed by atoms with E-state index < -0.39 is 0 Å². The van der Waals surface area contributed by atoms with Crippen LogP contribution in [-0.4, -0.2) is 25.3 Å². The lowest BCUT2D eigenvalue weighted by Crippen LogP contribution is -2.37. The Morgan fingerprint density at radius 1 is 1.18 bits per heavy atom. The van der Waals surface area contributed by atoms with Gasteiger partial charge in [0.2, 0.25) is 5.91 Å². The third kappa shape index (κ3) is 3.30. The van der Waals surface area contributed by atoms with Crippen LogP contribution in [0.15, 0.2) is 35.3 Å². The van der Waals surface area contributed by atoms with E-state index in [1.807, 2.05) is 4.68 Å². The predicted molar refractivity (Wildman–Crippen MR) is 101 cm³/mol. The molecule has 0 spiro atoms. The summed E-state index contributed by atoms with van der Waals surface area (Å²) in [6.07, 6.45) is 5.86. The largest absolute Gasteiger partial charge is 0.283 e. The second-order valence-corrected chi connectivity index (χ2v) is 7.73. The highest BCUT2D eigenvalue weighted by molar-refractivity contribution is 5.86. The van der Waals surface area contributed by atoms with Crippen molar-refractivity contribution in [3.05, 3.63) is 58.0 Å². The maximum atomic E-state index is 13.0. The molecular formula is C20H20FN5O2. The van der Waals surface area contributed by atoms with E-state index in [4.69, 9.17) is 4.98 Å². The number of amides is 1. The zero-order valence-electron chi connectivity index (χ0n) is 15.3. The van der Waals surface area contributed by atoms with Crippen molar-refractivity contribution in [1.82, 2.24) is 19.4 Å². The molecule has 2 aliphatic rings. The first-order valence-electron chi connectivity index (χ1n) is 9.61. The minimum Gasteiger partial charge on any atom is -0.273 e. The fourth-order valence-electron chi connectivity index (χ4n) is 3.38. The fourth-order valence-corrected chi connectivity index (χ4v) is 3.38. The van der Waals surface area contributed by atoms with E-state index in [1.165, 1.54) is 35.8 Å². The molecule has 8 heteroatoms. The van der Waals surface area contributed by atoms with Gasteiger partial charge in [0.15, 0.2) is 5.65 Å². The highest BCUT2D eigenvalue weighted by Gasteiger charge is 2.31. The molecule has 144 valence electrons. The Morgan fingerprint density at radius 2 is 1.93 bits per heavy atom. The number of nitrogens with zero attached hydrogens (tertiary/aromatic N) is 4. The Hall–Kier alpha value is -3.03. The number of carbonyl (C=O) groups excluding carboxylic acids is 1. The number of carbonyl (C=O) groups is 1. The third-order valence-electron chi connectivity index (χ3n) is 5.28. The average molecular weight is 381 g/mol. The molecule has 2 aliphatic carbocycles. The summed E-state index contributed by atoms with van der Waals surface area (Å²) in [6.45, 7) is 0.779. The molecule has 2 fully saturated rings. The van der Waals surface area contributed by atoms with E-state index in [-0.39, 0.29) is 29.6 Å². The number of rotatable bonds is 6. The topological polar surface area (TPSA) is 81.8 Å². The lowest BCUT2D eigenvalue weighted by atomic mass is 10.1. The monoisotopic (exact) mass is 381 g/mol. The summed E-state index contributed by atoms with van der Waals surface area (Å²) in [5.74, 6) is 0.679. The second-order valence-electron chi connectivity index (χ2n) is 7.73. The molecule has 0 aliphatic heterocycles. The maximum Gasteiger partial charge on any atom is 0.283 e. The third-order valence-corrected chi connectivity index (χ3v) is 5.28. The highest BCUT2D eigenvalue weighted by atomic mass is 19.1. The summed E-state index contributed by atoms with van der Waals surface area (Å²) in [7, 11) is 0. The number of hydrogen-bond acceptors (Lipinski definition) is 4. The van der Waals surface area contributed by atoms with Crippen LogP contribution in [0.4, 0.5) is 4.39 Å². The van der Waals surface area contributed by atoms with Crippen LogP contribution in [0.5, 0.6) is 0 Å². The molecule has 2 heterocycles. The van der Waals surface area contributed by atoms with Gasteiger partial charge < -0.3 is 0 Å². The van der Waals surface area contributed by atoms with Crippen molar-refractivity contribution in [3.8, 4) is 0 Å². The van der Waals surface area contributed by atoms with E-state index in [1.54, 1.807) is 12.1 Å². The first-order valence-corrected chi connectivity index (χ1v) is 9.61. The minimum absolute atomic E-state index is 0.0514.